The molecule has 2 fully saturated rings. The SMILES string of the molecule is CO[C@]1(c2ncccc2F)CC[C@@H](N(C(=O)c2ccc([C@](C)(O)C(F)(F)F)cc2)C2CC2)CC1. The van der Waals surface area contributed by atoms with Gasteiger partial charge in [-0.2, -0.15) is 13.2 Å². The van der Waals surface area contributed by atoms with Gasteiger partial charge in [0, 0.05) is 31.0 Å². The number of amides is 1. The van der Waals surface area contributed by atoms with Gasteiger partial charge in [-0.15, -0.1) is 0 Å². The minimum absolute atomic E-state index is 0.0806. The molecular formula is C25H28F4N2O3. The van der Waals surface area contributed by atoms with Crippen molar-refractivity contribution in [2.24, 2.45) is 0 Å². The van der Waals surface area contributed by atoms with Gasteiger partial charge < -0.3 is 14.7 Å². The Hall–Kier alpha value is -2.52. The van der Waals surface area contributed by atoms with Crippen LogP contribution in [0.2, 0.25) is 0 Å². The highest BCUT2D eigenvalue weighted by atomic mass is 19.4. The van der Waals surface area contributed by atoms with Crippen LogP contribution in [0.3, 0.4) is 0 Å². The van der Waals surface area contributed by atoms with E-state index in [0.717, 1.165) is 25.0 Å². The summed E-state index contributed by atoms with van der Waals surface area (Å²) in [5.74, 6) is -0.674. The number of carbonyl (C=O) groups is 1. The van der Waals surface area contributed by atoms with Gasteiger partial charge in [0.2, 0.25) is 0 Å². The summed E-state index contributed by atoms with van der Waals surface area (Å²) < 4.78 is 59.6. The van der Waals surface area contributed by atoms with E-state index in [4.69, 9.17) is 4.74 Å². The molecule has 1 atom stereocenters. The van der Waals surface area contributed by atoms with Crippen LogP contribution in [0.15, 0.2) is 42.6 Å². The minimum atomic E-state index is -4.83. The fourth-order valence-electron chi connectivity index (χ4n) is 4.84. The van der Waals surface area contributed by atoms with E-state index in [9.17, 15) is 27.5 Å². The summed E-state index contributed by atoms with van der Waals surface area (Å²) in [6.45, 7) is 0.689. The van der Waals surface area contributed by atoms with E-state index in [2.05, 4.69) is 4.98 Å². The highest BCUT2D eigenvalue weighted by Crippen LogP contribution is 2.44. The normalized spacial score (nSPS) is 25.0. The number of hydrogen-bond donors (Lipinski definition) is 1. The van der Waals surface area contributed by atoms with Gasteiger partial charge in [-0.25, -0.2) is 4.39 Å². The molecule has 0 unspecified atom stereocenters. The highest BCUT2D eigenvalue weighted by molar-refractivity contribution is 5.95. The first-order valence-electron chi connectivity index (χ1n) is 11.4. The maximum Gasteiger partial charge on any atom is 0.421 e. The smallest absolute Gasteiger partial charge is 0.376 e. The number of aliphatic hydroxyl groups is 1. The zero-order valence-electron chi connectivity index (χ0n) is 19.1. The zero-order chi connectivity index (χ0) is 24.7. The molecule has 1 aromatic carbocycles. The Kier molecular flexibility index (Phi) is 6.46. The molecule has 0 saturated heterocycles. The number of carbonyl (C=O) groups excluding carboxylic acids is 1. The average Bonchev–Trinajstić information content (AvgIpc) is 3.64. The molecule has 2 aliphatic rings. The molecule has 9 heteroatoms. The Morgan fingerprint density at radius 1 is 1.09 bits per heavy atom. The zero-order valence-corrected chi connectivity index (χ0v) is 19.1. The Balaban J connectivity index is 1.52. The van der Waals surface area contributed by atoms with Crippen LogP contribution in [-0.4, -0.2) is 46.3 Å². The Bertz CT molecular complexity index is 1030. The Morgan fingerprint density at radius 2 is 1.68 bits per heavy atom. The van der Waals surface area contributed by atoms with Crippen LogP contribution >= 0.6 is 0 Å². The van der Waals surface area contributed by atoms with Crippen molar-refractivity contribution in [2.45, 2.75) is 74.9 Å². The van der Waals surface area contributed by atoms with Crippen molar-refractivity contribution in [1.29, 1.82) is 0 Å². The third-order valence-electron chi connectivity index (χ3n) is 7.16. The van der Waals surface area contributed by atoms with Gasteiger partial charge in [-0.3, -0.25) is 9.78 Å². The molecule has 5 nitrogen and oxygen atoms in total. The van der Waals surface area contributed by atoms with Crippen LogP contribution in [0.5, 0.6) is 0 Å². The summed E-state index contributed by atoms with van der Waals surface area (Å²) in [5.41, 5.74) is -3.64. The molecule has 1 aromatic heterocycles. The van der Waals surface area contributed by atoms with E-state index in [-0.39, 0.29) is 34.8 Å². The molecule has 0 radical (unpaired) electrons. The second kappa shape index (κ2) is 8.92. The monoisotopic (exact) mass is 480 g/mol. The van der Waals surface area contributed by atoms with Crippen molar-refractivity contribution in [3.8, 4) is 0 Å². The van der Waals surface area contributed by atoms with Crippen LogP contribution < -0.4 is 0 Å². The molecule has 1 amide bonds. The third kappa shape index (κ3) is 4.43. The van der Waals surface area contributed by atoms with Gasteiger partial charge in [0.15, 0.2) is 5.60 Å². The average molecular weight is 481 g/mol. The number of ether oxygens (including phenoxy) is 1. The van der Waals surface area contributed by atoms with Gasteiger partial charge in [0.25, 0.3) is 5.91 Å². The Labute approximate surface area is 195 Å². The van der Waals surface area contributed by atoms with E-state index >= 15 is 0 Å². The predicted molar refractivity (Wildman–Crippen MR) is 116 cm³/mol. The molecule has 0 aliphatic heterocycles. The quantitative estimate of drug-likeness (QED) is 0.586. The highest BCUT2D eigenvalue weighted by Gasteiger charge is 2.51. The molecule has 2 saturated carbocycles. The largest absolute Gasteiger partial charge is 0.421 e. The standard InChI is InChI=1S/C25H28F4N2O3/c1-23(33,25(27,28)29)17-7-5-16(6-8-17)22(32)31(18-9-10-18)19-11-13-24(34-2,14-12-19)21-20(26)4-3-15-30-21/h3-8,15,18-19,33H,9-14H2,1-2H3/t19-,23-,24-/m0/s1. The first-order valence-corrected chi connectivity index (χ1v) is 11.4. The molecule has 184 valence electrons. The number of halogens is 4. The fraction of sp³-hybridized carbons (Fsp3) is 0.520. The van der Waals surface area contributed by atoms with Gasteiger partial charge in [0.1, 0.15) is 17.1 Å². The second-order valence-electron chi connectivity index (χ2n) is 9.35. The summed E-state index contributed by atoms with van der Waals surface area (Å²) in [4.78, 5) is 19.4. The number of rotatable bonds is 6. The van der Waals surface area contributed by atoms with Crippen LogP contribution in [0.1, 0.15) is 67.1 Å². The van der Waals surface area contributed by atoms with Crippen LogP contribution in [0.4, 0.5) is 17.6 Å². The molecule has 0 bridgehead atoms. The number of pyridine rings is 1. The third-order valence-corrected chi connectivity index (χ3v) is 7.16. The van der Waals surface area contributed by atoms with Crippen molar-refractivity contribution in [3.63, 3.8) is 0 Å². The maximum atomic E-state index is 14.4. The van der Waals surface area contributed by atoms with E-state index in [0.29, 0.717) is 32.6 Å². The summed E-state index contributed by atoms with van der Waals surface area (Å²) in [6, 6.07) is 7.83. The van der Waals surface area contributed by atoms with Crippen molar-refractivity contribution in [1.82, 2.24) is 9.88 Å². The van der Waals surface area contributed by atoms with Crippen LogP contribution in [0, 0.1) is 5.82 Å². The molecule has 2 aliphatic carbocycles. The number of alkyl halides is 3. The summed E-state index contributed by atoms with van der Waals surface area (Å²) in [7, 11) is 1.54. The predicted octanol–water partition coefficient (Wildman–Crippen LogP) is 5.08. The van der Waals surface area contributed by atoms with Crippen LogP contribution in [-0.2, 0) is 15.9 Å². The van der Waals surface area contributed by atoms with E-state index in [1.54, 1.807) is 0 Å². The lowest BCUT2D eigenvalue weighted by molar-refractivity contribution is -0.258. The number of benzene rings is 1. The van der Waals surface area contributed by atoms with E-state index < -0.39 is 23.2 Å². The lowest BCUT2D eigenvalue weighted by atomic mass is 9.78. The van der Waals surface area contributed by atoms with Gasteiger partial charge in [-0.1, -0.05) is 12.1 Å². The molecule has 4 rings (SSSR count). The van der Waals surface area contributed by atoms with Crippen molar-refractivity contribution >= 4 is 5.91 Å². The minimum Gasteiger partial charge on any atom is -0.376 e. The van der Waals surface area contributed by atoms with Crippen molar-refractivity contribution in [3.05, 3.63) is 65.2 Å². The maximum absolute atomic E-state index is 14.4. The Morgan fingerprint density at radius 3 is 2.18 bits per heavy atom. The second-order valence-corrected chi connectivity index (χ2v) is 9.35. The van der Waals surface area contributed by atoms with Crippen molar-refractivity contribution < 1.29 is 32.2 Å². The first kappa shape index (κ1) is 24.6. The molecule has 0 spiro atoms. The molecule has 2 aromatic rings. The topological polar surface area (TPSA) is 62.7 Å². The molecule has 1 heterocycles. The van der Waals surface area contributed by atoms with Crippen LogP contribution in [0.25, 0.3) is 0 Å². The van der Waals surface area contributed by atoms with E-state index in [1.165, 1.54) is 37.6 Å². The molecule has 1 N–H and O–H groups in total. The van der Waals surface area contributed by atoms with Gasteiger partial charge in [0.05, 0.1) is 0 Å². The number of nitrogens with zero attached hydrogens (tertiary/aromatic N) is 2. The van der Waals surface area contributed by atoms with E-state index in [1.807, 2.05) is 4.90 Å². The summed E-state index contributed by atoms with van der Waals surface area (Å²) in [6.07, 6.45) is 0.603. The number of aromatic nitrogens is 1. The summed E-state index contributed by atoms with van der Waals surface area (Å²) in [5, 5.41) is 9.89. The number of hydrogen-bond acceptors (Lipinski definition) is 4. The fourth-order valence-corrected chi connectivity index (χ4v) is 4.84. The summed E-state index contributed by atoms with van der Waals surface area (Å²) >= 11 is 0. The first-order chi connectivity index (χ1) is 16.0. The lowest BCUT2D eigenvalue weighted by Crippen LogP contribution is -2.47. The number of methoxy groups -OCH3 is 1. The van der Waals surface area contributed by atoms with Gasteiger partial charge >= 0.3 is 6.18 Å². The van der Waals surface area contributed by atoms with Gasteiger partial charge in [-0.05, 0) is 75.3 Å². The molecule has 34 heavy (non-hydrogen) atoms. The molecular weight excluding hydrogens is 452 g/mol. The lowest BCUT2D eigenvalue weighted by Gasteiger charge is -2.42. The van der Waals surface area contributed by atoms with Crippen molar-refractivity contribution in [2.75, 3.05) is 7.11 Å².